The second kappa shape index (κ2) is 11.7. The molecule has 2 atom stereocenters. The van der Waals surface area contributed by atoms with Crippen LogP contribution < -0.4 is 5.32 Å². The van der Waals surface area contributed by atoms with Crippen LogP contribution in [0.3, 0.4) is 0 Å². The van der Waals surface area contributed by atoms with Crippen molar-refractivity contribution in [3.05, 3.63) is 0 Å². The average molecular weight is 348 g/mol. The van der Waals surface area contributed by atoms with E-state index >= 15 is 0 Å². The van der Waals surface area contributed by atoms with E-state index in [4.69, 9.17) is 0 Å². The maximum atomic E-state index is 12.3. The molecule has 1 heterocycles. The Hall–Kier alpha value is -0.810. The normalized spacial score (nSPS) is 20.8. The number of hydrogen-bond acceptors (Lipinski definition) is 3. The first-order valence-corrected chi connectivity index (χ1v) is 8.81. The van der Waals surface area contributed by atoms with Crippen LogP contribution in [0.25, 0.3) is 0 Å². The molecule has 23 heavy (non-hydrogen) atoms. The maximum absolute atomic E-state index is 12.3. The van der Waals surface area contributed by atoms with Crippen molar-refractivity contribution in [3.63, 3.8) is 0 Å². The quantitative estimate of drug-likeness (QED) is 0.733. The largest absolute Gasteiger partial charge is 0.343 e. The Morgan fingerprint density at radius 1 is 1.13 bits per heavy atom. The summed E-state index contributed by atoms with van der Waals surface area (Å²) in [7, 11) is 0. The third-order valence-electron chi connectivity index (χ3n) is 4.48. The van der Waals surface area contributed by atoms with Gasteiger partial charge in [-0.2, -0.15) is 0 Å². The zero-order valence-electron chi connectivity index (χ0n) is 15.1. The molecule has 0 aromatic rings. The molecule has 0 spiro atoms. The van der Waals surface area contributed by atoms with Gasteiger partial charge in [0.25, 0.3) is 0 Å². The van der Waals surface area contributed by atoms with E-state index in [-0.39, 0.29) is 30.3 Å². The lowest BCUT2D eigenvalue weighted by molar-refractivity contribution is -0.135. The molecule has 1 rings (SSSR count). The lowest BCUT2D eigenvalue weighted by Gasteiger charge is -2.38. The third kappa shape index (κ3) is 7.08. The Balaban J connectivity index is 0.00000484. The van der Waals surface area contributed by atoms with Crippen molar-refractivity contribution < 1.29 is 9.59 Å². The summed E-state index contributed by atoms with van der Waals surface area (Å²) in [4.78, 5) is 28.4. The van der Waals surface area contributed by atoms with Gasteiger partial charge in [0, 0.05) is 51.1 Å². The minimum atomic E-state index is 0. The van der Waals surface area contributed by atoms with Crippen molar-refractivity contribution in [2.24, 2.45) is 0 Å². The fourth-order valence-electron chi connectivity index (χ4n) is 3.00. The van der Waals surface area contributed by atoms with Gasteiger partial charge in [0.05, 0.1) is 0 Å². The SMILES string of the molecule is CCCN(CCC)C(=O)CCCC(=O)N1CCNC(C)C1C.Cl. The molecule has 1 aliphatic rings. The highest BCUT2D eigenvalue weighted by Gasteiger charge is 2.27. The van der Waals surface area contributed by atoms with E-state index in [1.54, 1.807) is 0 Å². The first-order chi connectivity index (χ1) is 10.5. The topological polar surface area (TPSA) is 52.7 Å². The van der Waals surface area contributed by atoms with Crippen LogP contribution in [-0.2, 0) is 9.59 Å². The lowest BCUT2D eigenvalue weighted by atomic mass is 10.1. The molecule has 0 aromatic carbocycles. The molecule has 0 saturated carbocycles. The number of rotatable bonds is 8. The Kier molecular flexibility index (Phi) is 11.3. The summed E-state index contributed by atoms with van der Waals surface area (Å²) in [5.41, 5.74) is 0. The van der Waals surface area contributed by atoms with E-state index in [1.807, 2.05) is 9.80 Å². The summed E-state index contributed by atoms with van der Waals surface area (Å²) in [6, 6.07) is 0.567. The van der Waals surface area contributed by atoms with E-state index in [9.17, 15) is 9.59 Å². The van der Waals surface area contributed by atoms with Gasteiger partial charge in [-0.3, -0.25) is 9.59 Å². The molecule has 0 aromatic heterocycles. The average Bonchev–Trinajstić information content (AvgIpc) is 2.49. The van der Waals surface area contributed by atoms with Gasteiger partial charge < -0.3 is 15.1 Å². The lowest BCUT2D eigenvalue weighted by Crippen LogP contribution is -2.57. The van der Waals surface area contributed by atoms with E-state index in [0.717, 1.165) is 39.0 Å². The van der Waals surface area contributed by atoms with Crippen LogP contribution in [0.4, 0.5) is 0 Å². The van der Waals surface area contributed by atoms with Gasteiger partial charge in [0.1, 0.15) is 0 Å². The van der Waals surface area contributed by atoms with Gasteiger partial charge in [0.2, 0.25) is 11.8 Å². The summed E-state index contributed by atoms with van der Waals surface area (Å²) in [6.45, 7) is 11.7. The van der Waals surface area contributed by atoms with Crippen molar-refractivity contribution in [2.45, 2.75) is 71.9 Å². The zero-order chi connectivity index (χ0) is 16.5. The fourth-order valence-corrected chi connectivity index (χ4v) is 3.00. The Morgan fingerprint density at radius 2 is 1.74 bits per heavy atom. The van der Waals surface area contributed by atoms with Gasteiger partial charge in [-0.05, 0) is 33.1 Å². The summed E-state index contributed by atoms with van der Waals surface area (Å²) in [6.07, 6.45) is 3.60. The minimum absolute atomic E-state index is 0. The van der Waals surface area contributed by atoms with E-state index < -0.39 is 0 Å². The first kappa shape index (κ1) is 22.2. The molecule has 0 bridgehead atoms. The van der Waals surface area contributed by atoms with Crippen molar-refractivity contribution in [1.82, 2.24) is 15.1 Å². The monoisotopic (exact) mass is 347 g/mol. The van der Waals surface area contributed by atoms with Gasteiger partial charge in [-0.15, -0.1) is 12.4 Å². The van der Waals surface area contributed by atoms with E-state index in [1.165, 1.54) is 0 Å². The molecule has 5 nitrogen and oxygen atoms in total. The molecule has 2 amide bonds. The molecule has 0 radical (unpaired) electrons. The number of carbonyl (C=O) groups excluding carboxylic acids is 2. The number of nitrogens with one attached hydrogen (secondary N) is 1. The van der Waals surface area contributed by atoms with Crippen molar-refractivity contribution in [1.29, 1.82) is 0 Å². The van der Waals surface area contributed by atoms with Gasteiger partial charge >= 0.3 is 0 Å². The summed E-state index contributed by atoms with van der Waals surface area (Å²) < 4.78 is 0. The highest BCUT2D eigenvalue weighted by Crippen LogP contribution is 2.12. The van der Waals surface area contributed by atoms with E-state index in [0.29, 0.717) is 25.3 Å². The minimum Gasteiger partial charge on any atom is -0.343 e. The predicted octanol–water partition coefficient (Wildman–Crippen LogP) is 2.44. The Labute approximate surface area is 147 Å². The molecular weight excluding hydrogens is 314 g/mol. The van der Waals surface area contributed by atoms with Gasteiger partial charge in [-0.25, -0.2) is 0 Å². The fraction of sp³-hybridized carbons (Fsp3) is 0.882. The maximum Gasteiger partial charge on any atom is 0.222 e. The number of piperazine rings is 1. The highest BCUT2D eigenvalue weighted by atomic mass is 35.5. The summed E-state index contributed by atoms with van der Waals surface area (Å²) >= 11 is 0. The van der Waals surface area contributed by atoms with Gasteiger partial charge in [0.15, 0.2) is 0 Å². The van der Waals surface area contributed by atoms with Crippen molar-refractivity contribution in [3.8, 4) is 0 Å². The highest BCUT2D eigenvalue weighted by molar-refractivity contribution is 5.85. The van der Waals surface area contributed by atoms with E-state index in [2.05, 4.69) is 33.0 Å². The second-order valence-electron chi connectivity index (χ2n) is 6.30. The van der Waals surface area contributed by atoms with Crippen LogP contribution in [0.15, 0.2) is 0 Å². The van der Waals surface area contributed by atoms with Crippen LogP contribution in [0.5, 0.6) is 0 Å². The molecule has 1 aliphatic heterocycles. The molecule has 2 unspecified atom stereocenters. The number of carbonyl (C=O) groups is 2. The van der Waals surface area contributed by atoms with Crippen LogP contribution in [0.2, 0.25) is 0 Å². The molecular formula is C17H34ClN3O2. The Bertz CT molecular complexity index is 360. The smallest absolute Gasteiger partial charge is 0.222 e. The molecule has 0 aliphatic carbocycles. The van der Waals surface area contributed by atoms with Crippen LogP contribution in [0.1, 0.15) is 59.8 Å². The number of nitrogens with zero attached hydrogens (tertiary/aromatic N) is 2. The number of halogens is 1. The summed E-state index contributed by atoms with van der Waals surface area (Å²) in [5.74, 6) is 0.379. The molecule has 6 heteroatoms. The number of hydrogen-bond donors (Lipinski definition) is 1. The molecule has 1 N–H and O–H groups in total. The molecule has 136 valence electrons. The summed E-state index contributed by atoms with van der Waals surface area (Å²) in [5, 5.41) is 3.38. The van der Waals surface area contributed by atoms with Gasteiger partial charge in [-0.1, -0.05) is 13.8 Å². The molecule has 1 fully saturated rings. The number of amides is 2. The van der Waals surface area contributed by atoms with Crippen molar-refractivity contribution in [2.75, 3.05) is 26.2 Å². The van der Waals surface area contributed by atoms with Crippen LogP contribution >= 0.6 is 12.4 Å². The van der Waals surface area contributed by atoms with Crippen molar-refractivity contribution >= 4 is 24.2 Å². The predicted molar refractivity (Wildman–Crippen MR) is 96.9 cm³/mol. The standard InChI is InChI=1S/C17H33N3O2.ClH/c1-5-11-19(12-6-2)16(21)8-7-9-17(22)20-13-10-18-14(3)15(20)4;/h14-15,18H,5-13H2,1-4H3;1H. The van der Waals surface area contributed by atoms with Crippen LogP contribution in [0, 0.1) is 0 Å². The Morgan fingerprint density at radius 3 is 2.30 bits per heavy atom. The molecule has 1 saturated heterocycles. The zero-order valence-corrected chi connectivity index (χ0v) is 16.0. The first-order valence-electron chi connectivity index (χ1n) is 8.81. The second-order valence-corrected chi connectivity index (χ2v) is 6.30. The third-order valence-corrected chi connectivity index (χ3v) is 4.48. The van der Waals surface area contributed by atoms with Crippen LogP contribution in [-0.4, -0.2) is 59.9 Å².